The molecule has 0 fully saturated rings. The molecule has 1 aromatic rings. The Hall–Kier alpha value is -1.88. The van der Waals surface area contributed by atoms with Gasteiger partial charge in [0.15, 0.2) is 0 Å². The third-order valence-corrected chi connectivity index (χ3v) is 3.70. The van der Waals surface area contributed by atoms with Crippen LogP contribution < -0.4 is 10.2 Å². The SMILES string of the molecule is CC(=O)N(CCC(=O)NCCCN(C)C)c1cc(C)ccc1C. The van der Waals surface area contributed by atoms with Gasteiger partial charge in [0.25, 0.3) is 0 Å². The van der Waals surface area contributed by atoms with Gasteiger partial charge in [-0.15, -0.1) is 0 Å². The van der Waals surface area contributed by atoms with Crippen LogP contribution >= 0.6 is 0 Å². The summed E-state index contributed by atoms with van der Waals surface area (Å²) in [6.45, 7) is 7.53. The third-order valence-electron chi connectivity index (χ3n) is 3.70. The molecule has 0 bridgehead atoms. The molecule has 0 radical (unpaired) electrons. The van der Waals surface area contributed by atoms with Crippen molar-refractivity contribution in [3.05, 3.63) is 29.3 Å². The van der Waals surface area contributed by atoms with Crippen LogP contribution in [0.4, 0.5) is 5.69 Å². The van der Waals surface area contributed by atoms with Crippen LogP contribution in [-0.4, -0.2) is 50.4 Å². The maximum atomic E-state index is 11.9. The minimum absolute atomic E-state index is 0.0136. The maximum absolute atomic E-state index is 11.9. The number of anilines is 1. The Morgan fingerprint density at radius 3 is 2.43 bits per heavy atom. The van der Waals surface area contributed by atoms with Gasteiger partial charge >= 0.3 is 0 Å². The Morgan fingerprint density at radius 1 is 1.13 bits per heavy atom. The van der Waals surface area contributed by atoms with E-state index in [2.05, 4.69) is 10.2 Å². The molecule has 23 heavy (non-hydrogen) atoms. The van der Waals surface area contributed by atoms with E-state index in [0.717, 1.165) is 29.8 Å². The third kappa shape index (κ3) is 6.82. The fraction of sp³-hybridized carbons (Fsp3) is 0.556. The summed E-state index contributed by atoms with van der Waals surface area (Å²) in [5.74, 6) is -0.0561. The van der Waals surface area contributed by atoms with Crippen LogP contribution in [0.25, 0.3) is 0 Å². The second-order valence-corrected chi connectivity index (χ2v) is 6.22. The van der Waals surface area contributed by atoms with Crippen molar-refractivity contribution in [2.75, 3.05) is 38.6 Å². The Bertz CT molecular complexity index is 541. The molecule has 0 aliphatic carbocycles. The molecule has 0 unspecified atom stereocenters. The van der Waals surface area contributed by atoms with Crippen molar-refractivity contribution in [3.8, 4) is 0 Å². The molecule has 0 aliphatic rings. The van der Waals surface area contributed by atoms with Crippen LogP contribution in [-0.2, 0) is 9.59 Å². The fourth-order valence-corrected chi connectivity index (χ4v) is 2.38. The average molecular weight is 319 g/mol. The van der Waals surface area contributed by atoms with Gasteiger partial charge in [0.05, 0.1) is 0 Å². The first-order chi connectivity index (χ1) is 10.8. The Labute approximate surface area is 139 Å². The highest BCUT2D eigenvalue weighted by Gasteiger charge is 2.15. The standard InChI is InChI=1S/C18H29N3O2/c1-14-7-8-15(2)17(13-14)21(16(3)22)12-9-18(23)19-10-6-11-20(4)5/h7-8,13H,6,9-12H2,1-5H3,(H,19,23). The van der Waals surface area contributed by atoms with Crippen molar-refractivity contribution >= 4 is 17.5 Å². The minimum Gasteiger partial charge on any atom is -0.356 e. The molecule has 0 saturated heterocycles. The van der Waals surface area contributed by atoms with Crippen LogP contribution in [0.5, 0.6) is 0 Å². The minimum atomic E-state index is -0.0425. The second-order valence-electron chi connectivity index (χ2n) is 6.22. The van der Waals surface area contributed by atoms with Crippen LogP contribution in [0.15, 0.2) is 18.2 Å². The Kier molecular flexibility index (Phi) is 7.75. The lowest BCUT2D eigenvalue weighted by molar-refractivity contribution is -0.121. The molecule has 0 atom stereocenters. The summed E-state index contributed by atoms with van der Waals surface area (Å²) < 4.78 is 0. The predicted octanol–water partition coefficient (Wildman–Crippen LogP) is 2.11. The number of aryl methyl sites for hydroxylation is 2. The van der Waals surface area contributed by atoms with Gasteiger partial charge in [0.2, 0.25) is 11.8 Å². The molecule has 1 aromatic carbocycles. The summed E-state index contributed by atoms with van der Waals surface area (Å²) in [6, 6.07) is 6.02. The zero-order chi connectivity index (χ0) is 17.4. The van der Waals surface area contributed by atoms with Crippen LogP contribution in [0.2, 0.25) is 0 Å². The molecule has 1 N–H and O–H groups in total. The number of hydrogen-bond acceptors (Lipinski definition) is 3. The summed E-state index contributed by atoms with van der Waals surface area (Å²) in [6.07, 6.45) is 1.24. The lowest BCUT2D eigenvalue weighted by Gasteiger charge is -2.23. The number of nitrogens with zero attached hydrogens (tertiary/aromatic N) is 2. The van der Waals surface area contributed by atoms with Crippen LogP contribution in [0, 0.1) is 13.8 Å². The highest BCUT2D eigenvalue weighted by atomic mass is 16.2. The summed E-state index contributed by atoms with van der Waals surface area (Å²) in [5, 5.41) is 2.91. The molecular formula is C18H29N3O2. The average Bonchev–Trinajstić information content (AvgIpc) is 2.46. The van der Waals surface area contributed by atoms with Gasteiger partial charge in [-0.3, -0.25) is 9.59 Å². The quantitative estimate of drug-likeness (QED) is 0.747. The molecule has 5 heteroatoms. The molecule has 2 amide bonds. The van der Waals surface area contributed by atoms with E-state index in [4.69, 9.17) is 0 Å². The Morgan fingerprint density at radius 2 is 1.83 bits per heavy atom. The van der Waals surface area contributed by atoms with Crippen molar-refractivity contribution in [1.29, 1.82) is 0 Å². The van der Waals surface area contributed by atoms with Crippen molar-refractivity contribution in [1.82, 2.24) is 10.2 Å². The largest absolute Gasteiger partial charge is 0.356 e. The molecule has 5 nitrogen and oxygen atoms in total. The first-order valence-corrected chi connectivity index (χ1v) is 8.08. The van der Waals surface area contributed by atoms with Crippen molar-refractivity contribution in [2.24, 2.45) is 0 Å². The van der Waals surface area contributed by atoms with Gasteiger partial charge in [0, 0.05) is 32.1 Å². The zero-order valence-corrected chi connectivity index (χ0v) is 15.0. The number of hydrogen-bond donors (Lipinski definition) is 1. The number of carbonyl (C=O) groups is 2. The van der Waals surface area contributed by atoms with Gasteiger partial charge in [-0.2, -0.15) is 0 Å². The maximum Gasteiger partial charge on any atom is 0.223 e. The van der Waals surface area contributed by atoms with Crippen molar-refractivity contribution < 1.29 is 9.59 Å². The number of carbonyl (C=O) groups excluding carboxylic acids is 2. The number of benzene rings is 1. The zero-order valence-electron chi connectivity index (χ0n) is 15.0. The summed E-state index contributed by atoms with van der Waals surface area (Å²) in [4.78, 5) is 27.6. The molecule has 0 heterocycles. The van der Waals surface area contributed by atoms with E-state index < -0.39 is 0 Å². The van der Waals surface area contributed by atoms with Crippen molar-refractivity contribution in [2.45, 2.75) is 33.6 Å². The van der Waals surface area contributed by atoms with E-state index in [0.29, 0.717) is 19.5 Å². The molecular weight excluding hydrogens is 290 g/mol. The molecule has 128 valence electrons. The monoisotopic (exact) mass is 319 g/mol. The van der Waals surface area contributed by atoms with Crippen LogP contribution in [0.1, 0.15) is 30.9 Å². The van der Waals surface area contributed by atoms with E-state index in [1.807, 2.05) is 46.1 Å². The van der Waals surface area contributed by atoms with Crippen LogP contribution in [0.3, 0.4) is 0 Å². The lowest BCUT2D eigenvalue weighted by Crippen LogP contribution is -2.35. The smallest absolute Gasteiger partial charge is 0.223 e. The number of nitrogens with one attached hydrogen (secondary N) is 1. The summed E-state index contributed by atoms with van der Waals surface area (Å²) in [7, 11) is 4.02. The van der Waals surface area contributed by atoms with Gasteiger partial charge < -0.3 is 15.1 Å². The van der Waals surface area contributed by atoms with E-state index >= 15 is 0 Å². The van der Waals surface area contributed by atoms with E-state index in [-0.39, 0.29) is 11.8 Å². The number of amides is 2. The first-order valence-electron chi connectivity index (χ1n) is 8.08. The highest BCUT2D eigenvalue weighted by molar-refractivity contribution is 5.93. The van der Waals surface area contributed by atoms with Gasteiger partial charge in [-0.05, 0) is 58.1 Å². The fourth-order valence-electron chi connectivity index (χ4n) is 2.38. The lowest BCUT2D eigenvalue weighted by atomic mass is 10.1. The molecule has 0 aliphatic heterocycles. The first kappa shape index (κ1) is 19.2. The Balaban J connectivity index is 2.56. The summed E-state index contributed by atoms with van der Waals surface area (Å²) >= 11 is 0. The van der Waals surface area contributed by atoms with Crippen molar-refractivity contribution in [3.63, 3.8) is 0 Å². The van der Waals surface area contributed by atoms with E-state index in [9.17, 15) is 9.59 Å². The van der Waals surface area contributed by atoms with Gasteiger partial charge in [0.1, 0.15) is 0 Å². The highest BCUT2D eigenvalue weighted by Crippen LogP contribution is 2.22. The summed E-state index contributed by atoms with van der Waals surface area (Å²) in [5.41, 5.74) is 3.03. The molecule has 0 saturated carbocycles. The van der Waals surface area contributed by atoms with Gasteiger partial charge in [-0.1, -0.05) is 12.1 Å². The van der Waals surface area contributed by atoms with Gasteiger partial charge in [-0.25, -0.2) is 0 Å². The predicted molar refractivity (Wildman–Crippen MR) is 94.7 cm³/mol. The molecule has 1 rings (SSSR count). The normalized spacial score (nSPS) is 10.7. The molecule has 0 spiro atoms. The number of rotatable bonds is 8. The topological polar surface area (TPSA) is 52.7 Å². The van der Waals surface area contributed by atoms with E-state index in [1.54, 1.807) is 4.90 Å². The van der Waals surface area contributed by atoms with E-state index in [1.165, 1.54) is 6.92 Å². The second kappa shape index (κ2) is 9.30. The molecule has 0 aromatic heterocycles.